The largest absolute Gasteiger partial charge is 0.394 e. The Morgan fingerprint density at radius 2 is 1.60 bits per heavy atom. The SMILES string of the molecule is CCCCO[Si](C)(CCCOC[C@H]1CO1)OCCCC. The van der Waals surface area contributed by atoms with E-state index in [0.717, 1.165) is 58.3 Å². The Bertz CT molecular complexity index is 224. The smallest absolute Gasteiger partial charge is 0.335 e. The van der Waals surface area contributed by atoms with Gasteiger partial charge < -0.3 is 18.3 Å². The maximum Gasteiger partial charge on any atom is 0.335 e. The summed E-state index contributed by atoms with van der Waals surface area (Å²) in [6.07, 6.45) is 5.96. The van der Waals surface area contributed by atoms with Gasteiger partial charge >= 0.3 is 8.56 Å². The fourth-order valence-electron chi connectivity index (χ4n) is 1.93. The van der Waals surface area contributed by atoms with E-state index < -0.39 is 8.56 Å². The Balaban J connectivity index is 2.15. The van der Waals surface area contributed by atoms with Gasteiger partial charge in [-0.2, -0.15) is 0 Å². The van der Waals surface area contributed by atoms with Crippen LogP contribution in [-0.4, -0.2) is 47.7 Å². The molecule has 1 fully saturated rings. The van der Waals surface area contributed by atoms with Crippen LogP contribution in [0, 0.1) is 0 Å². The van der Waals surface area contributed by atoms with Crippen LogP contribution in [0.15, 0.2) is 0 Å². The van der Waals surface area contributed by atoms with Gasteiger partial charge in [0.1, 0.15) is 6.10 Å². The maximum atomic E-state index is 6.09. The summed E-state index contributed by atoms with van der Waals surface area (Å²) in [5, 5.41) is 0. The number of unbranched alkanes of at least 4 members (excludes halogenated alkanes) is 2. The zero-order chi connectivity index (χ0) is 14.7. The van der Waals surface area contributed by atoms with Crippen LogP contribution >= 0.6 is 0 Å². The minimum atomic E-state index is -2.00. The predicted octanol–water partition coefficient (Wildman–Crippen LogP) is 3.50. The third-order valence-corrected chi connectivity index (χ3v) is 6.33. The zero-order valence-electron chi connectivity index (χ0n) is 13.5. The highest BCUT2D eigenvalue weighted by molar-refractivity contribution is 6.66. The van der Waals surface area contributed by atoms with Gasteiger partial charge in [-0.1, -0.05) is 26.7 Å². The summed E-state index contributed by atoms with van der Waals surface area (Å²) in [6.45, 7) is 10.6. The summed E-state index contributed by atoms with van der Waals surface area (Å²) < 4.78 is 22.9. The summed E-state index contributed by atoms with van der Waals surface area (Å²) in [7, 11) is -2.00. The molecule has 0 amide bonds. The Hall–Kier alpha value is 0.0569. The molecule has 20 heavy (non-hydrogen) atoms. The quantitative estimate of drug-likeness (QED) is 0.280. The monoisotopic (exact) mass is 304 g/mol. The van der Waals surface area contributed by atoms with E-state index in [-0.39, 0.29) is 0 Å². The second kappa shape index (κ2) is 10.7. The van der Waals surface area contributed by atoms with Gasteiger partial charge in [-0.15, -0.1) is 0 Å². The van der Waals surface area contributed by atoms with Crippen molar-refractivity contribution in [3.8, 4) is 0 Å². The molecule has 0 aromatic rings. The van der Waals surface area contributed by atoms with Crippen molar-refractivity contribution in [2.75, 3.05) is 33.0 Å². The molecule has 0 aromatic carbocycles. The fourth-order valence-corrected chi connectivity index (χ4v) is 4.24. The van der Waals surface area contributed by atoms with Gasteiger partial charge in [0.15, 0.2) is 0 Å². The minimum absolute atomic E-state index is 0.361. The third-order valence-electron chi connectivity index (χ3n) is 3.44. The average Bonchev–Trinajstić information content (AvgIpc) is 3.23. The number of epoxide rings is 1. The Kier molecular flexibility index (Phi) is 9.72. The highest BCUT2D eigenvalue weighted by Crippen LogP contribution is 2.18. The molecule has 4 nitrogen and oxygen atoms in total. The molecule has 0 spiro atoms. The normalized spacial score (nSPS) is 18.4. The van der Waals surface area contributed by atoms with E-state index in [9.17, 15) is 0 Å². The second-order valence-corrected chi connectivity index (χ2v) is 9.02. The van der Waals surface area contributed by atoms with E-state index >= 15 is 0 Å². The molecule has 1 atom stereocenters. The molecule has 0 saturated carbocycles. The van der Waals surface area contributed by atoms with Crippen molar-refractivity contribution < 1.29 is 18.3 Å². The average molecular weight is 305 g/mol. The van der Waals surface area contributed by atoms with Crippen molar-refractivity contribution in [3.05, 3.63) is 0 Å². The Labute approximate surface area is 125 Å². The van der Waals surface area contributed by atoms with E-state index in [0.29, 0.717) is 6.10 Å². The van der Waals surface area contributed by atoms with E-state index in [1.165, 1.54) is 12.8 Å². The van der Waals surface area contributed by atoms with Gasteiger partial charge in [0.05, 0.1) is 13.2 Å². The lowest BCUT2D eigenvalue weighted by atomic mass is 10.4. The zero-order valence-corrected chi connectivity index (χ0v) is 14.5. The number of ether oxygens (including phenoxy) is 2. The first-order chi connectivity index (χ1) is 9.70. The molecule has 0 radical (unpaired) electrons. The molecular weight excluding hydrogens is 272 g/mol. The first-order valence-corrected chi connectivity index (χ1v) is 10.7. The van der Waals surface area contributed by atoms with E-state index in [4.69, 9.17) is 18.3 Å². The van der Waals surface area contributed by atoms with Crippen LogP contribution in [0.4, 0.5) is 0 Å². The van der Waals surface area contributed by atoms with Crippen LogP contribution in [0.3, 0.4) is 0 Å². The molecule has 0 N–H and O–H groups in total. The van der Waals surface area contributed by atoms with E-state index in [2.05, 4.69) is 20.4 Å². The summed E-state index contributed by atoms with van der Waals surface area (Å²) in [6, 6.07) is 1.02. The predicted molar refractivity (Wildman–Crippen MR) is 83.3 cm³/mol. The molecule has 0 aliphatic carbocycles. The van der Waals surface area contributed by atoms with Crippen molar-refractivity contribution in [1.29, 1.82) is 0 Å². The summed E-state index contributed by atoms with van der Waals surface area (Å²) in [4.78, 5) is 0. The number of rotatable bonds is 14. The topological polar surface area (TPSA) is 40.2 Å². The number of hydrogen-bond acceptors (Lipinski definition) is 4. The van der Waals surface area contributed by atoms with E-state index in [1.54, 1.807) is 0 Å². The lowest BCUT2D eigenvalue weighted by molar-refractivity contribution is 0.112. The molecule has 1 aliphatic rings. The van der Waals surface area contributed by atoms with E-state index in [1.807, 2.05) is 0 Å². The van der Waals surface area contributed by atoms with Crippen molar-refractivity contribution >= 4 is 8.56 Å². The summed E-state index contributed by atoms with van der Waals surface area (Å²) in [5.74, 6) is 0. The standard InChI is InChI=1S/C15H32O4Si/c1-4-6-10-18-20(3,19-11-7-5-2)12-8-9-16-13-15-14-17-15/h15H,4-14H2,1-3H3/t15-/m0/s1. The van der Waals surface area contributed by atoms with Gasteiger partial charge in [0.2, 0.25) is 0 Å². The van der Waals surface area contributed by atoms with Gasteiger partial charge in [0.25, 0.3) is 0 Å². The lowest BCUT2D eigenvalue weighted by Gasteiger charge is -2.27. The second-order valence-electron chi connectivity index (χ2n) is 5.67. The third kappa shape index (κ3) is 9.08. The Morgan fingerprint density at radius 3 is 2.10 bits per heavy atom. The van der Waals surface area contributed by atoms with Crippen molar-refractivity contribution in [2.24, 2.45) is 0 Å². The van der Waals surface area contributed by atoms with Crippen LogP contribution in [0.1, 0.15) is 46.0 Å². The fraction of sp³-hybridized carbons (Fsp3) is 1.00. The maximum absolute atomic E-state index is 6.09. The van der Waals surface area contributed by atoms with Crippen LogP contribution in [0.2, 0.25) is 12.6 Å². The van der Waals surface area contributed by atoms with Gasteiger partial charge in [0, 0.05) is 19.8 Å². The molecule has 1 saturated heterocycles. The Morgan fingerprint density at radius 1 is 1.00 bits per heavy atom. The molecule has 0 aromatic heterocycles. The van der Waals surface area contributed by atoms with Crippen molar-refractivity contribution in [2.45, 2.75) is 64.6 Å². The van der Waals surface area contributed by atoms with Crippen molar-refractivity contribution in [3.63, 3.8) is 0 Å². The highest BCUT2D eigenvalue weighted by Gasteiger charge is 2.31. The van der Waals surface area contributed by atoms with Gasteiger partial charge in [-0.3, -0.25) is 0 Å². The molecule has 0 bridgehead atoms. The van der Waals surface area contributed by atoms with Crippen LogP contribution in [0.5, 0.6) is 0 Å². The van der Waals surface area contributed by atoms with Crippen LogP contribution < -0.4 is 0 Å². The first-order valence-electron chi connectivity index (χ1n) is 8.17. The summed E-state index contributed by atoms with van der Waals surface area (Å²) >= 11 is 0. The summed E-state index contributed by atoms with van der Waals surface area (Å²) in [5.41, 5.74) is 0. The minimum Gasteiger partial charge on any atom is -0.394 e. The van der Waals surface area contributed by atoms with Gasteiger partial charge in [-0.05, 0) is 31.9 Å². The number of hydrogen-bond donors (Lipinski definition) is 0. The highest BCUT2D eigenvalue weighted by atomic mass is 28.4. The van der Waals surface area contributed by atoms with Gasteiger partial charge in [-0.25, -0.2) is 0 Å². The molecule has 5 heteroatoms. The molecule has 1 heterocycles. The van der Waals surface area contributed by atoms with Crippen LogP contribution in [0.25, 0.3) is 0 Å². The molecule has 120 valence electrons. The molecule has 1 aliphatic heterocycles. The van der Waals surface area contributed by atoms with Crippen molar-refractivity contribution in [1.82, 2.24) is 0 Å². The molecule has 1 rings (SSSR count). The van der Waals surface area contributed by atoms with Crippen LogP contribution in [-0.2, 0) is 18.3 Å². The first kappa shape index (κ1) is 18.1. The molecule has 0 unspecified atom stereocenters. The molecular formula is C15H32O4Si. The lowest BCUT2D eigenvalue weighted by Crippen LogP contribution is -2.39.